The maximum atomic E-state index is 4.54. The number of hydrogen-bond acceptors (Lipinski definition) is 3. The van der Waals surface area contributed by atoms with E-state index < -0.39 is 0 Å². The third-order valence-electron chi connectivity index (χ3n) is 6.18. The molecule has 31 heavy (non-hydrogen) atoms. The van der Waals surface area contributed by atoms with E-state index in [9.17, 15) is 0 Å². The third kappa shape index (κ3) is 7.20. The molecule has 1 saturated heterocycles. The van der Waals surface area contributed by atoms with Crippen LogP contribution in [0.25, 0.3) is 0 Å². The molecule has 2 heterocycles. The second-order valence-corrected chi connectivity index (χ2v) is 8.55. The van der Waals surface area contributed by atoms with Crippen LogP contribution in [0.5, 0.6) is 0 Å². The van der Waals surface area contributed by atoms with Crippen molar-refractivity contribution in [2.75, 3.05) is 20.1 Å². The van der Waals surface area contributed by atoms with Gasteiger partial charge in [0, 0.05) is 38.9 Å². The van der Waals surface area contributed by atoms with E-state index in [0.717, 1.165) is 31.2 Å². The summed E-state index contributed by atoms with van der Waals surface area (Å²) in [4.78, 5) is 7.02. The Labute approximate surface area is 204 Å². The van der Waals surface area contributed by atoms with Crippen molar-refractivity contribution in [2.45, 2.75) is 65.6 Å². The lowest BCUT2D eigenvalue weighted by Gasteiger charge is -2.27. The van der Waals surface area contributed by atoms with Gasteiger partial charge >= 0.3 is 0 Å². The van der Waals surface area contributed by atoms with Gasteiger partial charge in [0.2, 0.25) is 0 Å². The Hall–Kier alpha value is -1.61. The number of aromatic nitrogens is 2. The highest BCUT2D eigenvalue weighted by Gasteiger charge is 2.15. The minimum absolute atomic E-state index is 0. The first kappa shape index (κ1) is 25.6. The molecule has 0 spiro atoms. The van der Waals surface area contributed by atoms with Crippen LogP contribution in [0.4, 0.5) is 0 Å². The summed E-state index contributed by atoms with van der Waals surface area (Å²) >= 11 is 0. The first-order valence-corrected chi connectivity index (χ1v) is 11.2. The lowest BCUT2D eigenvalue weighted by Crippen LogP contribution is -2.43. The highest BCUT2D eigenvalue weighted by Crippen LogP contribution is 2.16. The molecule has 0 radical (unpaired) electrons. The van der Waals surface area contributed by atoms with E-state index in [-0.39, 0.29) is 30.0 Å². The fourth-order valence-electron chi connectivity index (χ4n) is 4.32. The Balaban J connectivity index is 0.00000341. The molecule has 2 aromatic rings. The molecule has 1 unspecified atom stereocenters. The van der Waals surface area contributed by atoms with Crippen LogP contribution in [0.1, 0.15) is 54.3 Å². The van der Waals surface area contributed by atoms with E-state index in [1.807, 2.05) is 18.8 Å². The van der Waals surface area contributed by atoms with Gasteiger partial charge in [-0.15, -0.1) is 24.0 Å². The zero-order valence-corrected chi connectivity index (χ0v) is 22.1. The number of halogens is 1. The van der Waals surface area contributed by atoms with Crippen molar-refractivity contribution in [2.24, 2.45) is 12.0 Å². The van der Waals surface area contributed by atoms with Crippen molar-refractivity contribution in [1.29, 1.82) is 0 Å². The quantitative estimate of drug-likeness (QED) is 0.319. The van der Waals surface area contributed by atoms with E-state index in [1.165, 1.54) is 54.7 Å². The Morgan fingerprint density at radius 3 is 2.42 bits per heavy atom. The Bertz CT molecular complexity index is 854. The summed E-state index contributed by atoms with van der Waals surface area (Å²) in [7, 11) is 3.84. The fourth-order valence-corrected chi connectivity index (χ4v) is 4.32. The van der Waals surface area contributed by atoms with E-state index in [1.54, 1.807) is 0 Å². The number of aliphatic imine (C=N–C) groups is 1. The number of nitrogens with zero attached hydrogens (tertiary/aromatic N) is 4. The van der Waals surface area contributed by atoms with Crippen LogP contribution in [-0.4, -0.2) is 46.8 Å². The van der Waals surface area contributed by atoms with Gasteiger partial charge < -0.3 is 10.6 Å². The molecule has 6 nitrogen and oxygen atoms in total. The van der Waals surface area contributed by atoms with Gasteiger partial charge in [-0.3, -0.25) is 14.6 Å². The summed E-state index contributed by atoms with van der Waals surface area (Å²) in [6.45, 7) is 10.7. The van der Waals surface area contributed by atoms with Crippen LogP contribution in [0.2, 0.25) is 0 Å². The highest BCUT2D eigenvalue weighted by atomic mass is 127. The van der Waals surface area contributed by atoms with Crippen molar-refractivity contribution in [1.82, 2.24) is 25.3 Å². The molecular formula is C24H39IN6. The molecule has 0 amide bonds. The molecule has 2 N–H and O–H groups in total. The summed E-state index contributed by atoms with van der Waals surface area (Å²) in [5.41, 5.74) is 6.42. The van der Waals surface area contributed by atoms with Crippen LogP contribution in [0, 0.1) is 13.8 Å². The molecule has 0 bridgehead atoms. The molecule has 1 aliphatic rings. The van der Waals surface area contributed by atoms with E-state index >= 15 is 0 Å². The first-order chi connectivity index (χ1) is 14.5. The molecule has 7 heteroatoms. The topological polar surface area (TPSA) is 57.5 Å². The fraction of sp³-hybridized carbons (Fsp3) is 0.583. The first-order valence-electron chi connectivity index (χ1n) is 11.2. The summed E-state index contributed by atoms with van der Waals surface area (Å²) in [5.74, 6) is 0.842. The molecule has 1 aromatic heterocycles. The third-order valence-corrected chi connectivity index (χ3v) is 6.18. The number of rotatable bonds is 7. The number of hydrogen-bond donors (Lipinski definition) is 2. The normalized spacial score (nSPS) is 16.0. The minimum Gasteiger partial charge on any atom is -0.354 e. The molecule has 1 aliphatic heterocycles. The van der Waals surface area contributed by atoms with Crippen LogP contribution < -0.4 is 10.6 Å². The van der Waals surface area contributed by atoms with Gasteiger partial charge in [-0.25, -0.2) is 0 Å². The SMILES string of the molecule is CN=C(NCc1ccccc1CN1CCCCC1)NC(C)Cc1c(C)nn(C)c1C.I. The molecule has 1 atom stereocenters. The molecule has 0 aliphatic carbocycles. The summed E-state index contributed by atoms with van der Waals surface area (Å²) in [6.07, 6.45) is 4.95. The van der Waals surface area contributed by atoms with Gasteiger partial charge in [0.1, 0.15) is 0 Å². The van der Waals surface area contributed by atoms with Gasteiger partial charge in [0.25, 0.3) is 0 Å². The van der Waals surface area contributed by atoms with Crippen LogP contribution in [0.15, 0.2) is 29.3 Å². The van der Waals surface area contributed by atoms with E-state index in [4.69, 9.17) is 0 Å². The van der Waals surface area contributed by atoms with Gasteiger partial charge in [-0.2, -0.15) is 5.10 Å². The summed E-state index contributed by atoms with van der Waals surface area (Å²) in [6, 6.07) is 9.03. The van der Waals surface area contributed by atoms with Gasteiger partial charge in [0.15, 0.2) is 5.96 Å². The van der Waals surface area contributed by atoms with Gasteiger partial charge in [-0.05, 0) is 69.8 Å². The summed E-state index contributed by atoms with van der Waals surface area (Å²) < 4.78 is 1.96. The van der Waals surface area contributed by atoms with Crippen LogP contribution in [-0.2, 0) is 26.6 Å². The average Bonchev–Trinajstić information content (AvgIpc) is 2.98. The maximum absolute atomic E-state index is 4.54. The molecule has 3 rings (SSSR count). The predicted octanol–water partition coefficient (Wildman–Crippen LogP) is 3.94. The standard InChI is InChI=1S/C24H38N6.HI/c1-18(15-23-19(2)28-29(5)20(23)3)27-24(25-4)26-16-21-11-7-8-12-22(21)17-30-13-9-6-10-14-30;/h7-8,11-12,18H,6,9-10,13-17H2,1-5H3,(H2,25,26,27);1H. The van der Waals surface area contributed by atoms with Crippen molar-refractivity contribution in [3.63, 3.8) is 0 Å². The number of guanidine groups is 1. The lowest BCUT2D eigenvalue weighted by atomic mass is 10.0. The zero-order valence-electron chi connectivity index (χ0n) is 19.7. The second-order valence-electron chi connectivity index (χ2n) is 8.55. The van der Waals surface area contributed by atoms with Crippen LogP contribution in [0.3, 0.4) is 0 Å². The molecule has 1 fully saturated rings. The number of aryl methyl sites for hydroxylation is 2. The number of nitrogens with one attached hydrogen (secondary N) is 2. The van der Waals surface area contributed by atoms with E-state index in [2.05, 4.69) is 70.7 Å². The smallest absolute Gasteiger partial charge is 0.191 e. The molecular weight excluding hydrogens is 499 g/mol. The van der Waals surface area contributed by atoms with Gasteiger partial charge in [-0.1, -0.05) is 30.7 Å². The number of benzene rings is 1. The molecule has 1 aromatic carbocycles. The van der Waals surface area contributed by atoms with Gasteiger partial charge in [0.05, 0.1) is 5.69 Å². The average molecular weight is 539 g/mol. The molecule has 172 valence electrons. The van der Waals surface area contributed by atoms with Crippen molar-refractivity contribution in [3.05, 3.63) is 52.3 Å². The summed E-state index contributed by atoms with van der Waals surface area (Å²) in [5, 5.41) is 11.6. The molecule has 0 saturated carbocycles. The Morgan fingerprint density at radius 1 is 1.13 bits per heavy atom. The van der Waals surface area contributed by atoms with Crippen LogP contribution >= 0.6 is 24.0 Å². The Morgan fingerprint density at radius 2 is 1.81 bits per heavy atom. The van der Waals surface area contributed by atoms with Crippen molar-refractivity contribution < 1.29 is 0 Å². The highest BCUT2D eigenvalue weighted by molar-refractivity contribution is 14.0. The second kappa shape index (κ2) is 12.4. The largest absolute Gasteiger partial charge is 0.354 e. The number of likely N-dealkylation sites (tertiary alicyclic amines) is 1. The number of piperidine rings is 1. The monoisotopic (exact) mass is 538 g/mol. The predicted molar refractivity (Wildman–Crippen MR) is 140 cm³/mol. The minimum atomic E-state index is 0. The Kier molecular flexibility index (Phi) is 10.3. The van der Waals surface area contributed by atoms with E-state index in [0.29, 0.717) is 0 Å². The van der Waals surface area contributed by atoms with Crippen molar-refractivity contribution >= 4 is 29.9 Å². The lowest BCUT2D eigenvalue weighted by molar-refractivity contribution is 0.220. The maximum Gasteiger partial charge on any atom is 0.191 e. The van der Waals surface area contributed by atoms with Crippen molar-refractivity contribution in [3.8, 4) is 0 Å². The zero-order chi connectivity index (χ0) is 21.5.